The molecule has 1 atom stereocenters. The highest BCUT2D eigenvalue weighted by Crippen LogP contribution is 2.23. The number of ketones is 1. The fraction of sp³-hybridized carbons (Fsp3) is 0.500. The fourth-order valence-corrected chi connectivity index (χ4v) is 3.62. The monoisotopic (exact) mass is 299 g/mol. The van der Waals surface area contributed by atoms with Gasteiger partial charge in [-0.2, -0.15) is 0 Å². The number of nitrogens with zero attached hydrogens (tertiary/aromatic N) is 1. The van der Waals surface area contributed by atoms with Crippen LogP contribution in [0, 0.1) is 11.7 Å². The number of halogens is 1. The minimum Gasteiger partial charge on any atom is -0.294 e. The lowest BCUT2D eigenvalue weighted by atomic mass is 9.91. The number of Topliss-reactive ketones (excluding diaryl/α,β-unsaturated/α-hetero) is 1. The number of rotatable bonds is 4. The van der Waals surface area contributed by atoms with Gasteiger partial charge in [0.05, 0.1) is 5.75 Å². The van der Waals surface area contributed by atoms with Crippen molar-refractivity contribution in [2.24, 2.45) is 5.92 Å². The maximum atomic E-state index is 12.9. The second-order valence-corrected chi connectivity index (χ2v) is 7.23. The summed E-state index contributed by atoms with van der Waals surface area (Å²) in [4.78, 5) is 12.3. The summed E-state index contributed by atoms with van der Waals surface area (Å²) in [6, 6.07) is 5.39. The highest BCUT2D eigenvalue weighted by molar-refractivity contribution is 7.89. The van der Waals surface area contributed by atoms with E-state index in [9.17, 15) is 17.6 Å². The summed E-state index contributed by atoms with van der Waals surface area (Å²) in [5.74, 6) is -0.790. The summed E-state index contributed by atoms with van der Waals surface area (Å²) in [6.45, 7) is 2.30. The first-order valence-corrected chi connectivity index (χ1v) is 8.32. The minimum atomic E-state index is -3.26. The molecule has 1 aromatic rings. The molecule has 1 fully saturated rings. The van der Waals surface area contributed by atoms with Crippen molar-refractivity contribution in [3.8, 4) is 0 Å². The third-order valence-corrected chi connectivity index (χ3v) is 5.49. The van der Waals surface area contributed by atoms with Crippen LogP contribution in [0.3, 0.4) is 0 Å². The van der Waals surface area contributed by atoms with Gasteiger partial charge in [-0.3, -0.25) is 4.79 Å². The number of piperidine rings is 1. The largest absolute Gasteiger partial charge is 0.294 e. The van der Waals surface area contributed by atoms with Crippen LogP contribution >= 0.6 is 0 Å². The van der Waals surface area contributed by atoms with Gasteiger partial charge in [-0.1, -0.05) is 0 Å². The highest BCUT2D eigenvalue weighted by atomic mass is 32.2. The number of benzene rings is 1. The van der Waals surface area contributed by atoms with Gasteiger partial charge in [0.15, 0.2) is 5.78 Å². The van der Waals surface area contributed by atoms with Crippen LogP contribution in [0.25, 0.3) is 0 Å². The first-order valence-electron chi connectivity index (χ1n) is 6.71. The molecule has 0 aromatic heterocycles. The van der Waals surface area contributed by atoms with Gasteiger partial charge in [0.25, 0.3) is 0 Å². The van der Waals surface area contributed by atoms with Crippen LogP contribution in [0.1, 0.15) is 30.1 Å². The Morgan fingerprint density at radius 3 is 2.60 bits per heavy atom. The highest BCUT2D eigenvalue weighted by Gasteiger charge is 2.31. The smallest absolute Gasteiger partial charge is 0.213 e. The molecule has 0 amide bonds. The van der Waals surface area contributed by atoms with Crippen LogP contribution in [-0.4, -0.2) is 37.3 Å². The molecule has 1 aromatic carbocycles. The van der Waals surface area contributed by atoms with Gasteiger partial charge in [0.2, 0.25) is 10.0 Å². The van der Waals surface area contributed by atoms with E-state index in [1.54, 1.807) is 6.92 Å². The van der Waals surface area contributed by atoms with E-state index in [2.05, 4.69) is 0 Å². The minimum absolute atomic E-state index is 0.0461. The summed E-state index contributed by atoms with van der Waals surface area (Å²) in [5.41, 5.74) is 0.437. The lowest BCUT2D eigenvalue weighted by Gasteiger charge is -2.30. The van der Waals surface area contributed by atoms with E-state index in [0.29, 0.717) is 24.9 Å². The Morgan fingerprint density at radius 1 is 1.35 bits per heavy atom. The zero-order valence-electron chi connectivity index (χ0n) is 11.4. The lowest BCUT2D eigenvalue weighted by molar-refractivity contribution is 0.0872. The van der Waals surface area contributed by atoms with Gasteiger partial charge in [-0.15, -0.1) is 0 Å². The Morgan fingerprint density at radius 2 is 2.00 bits per heavy atom. The van der Waals surface area contributed by atoms with Crippen LogP contribution in [0.15, 0.2) is 24.3 Å². The van der Waals surface area contributed by atoms with E-state index in [0.717, 1.165) is 0 Å². The Hall–Kier alpha value is -1.27. The first-order chi connectivity index (χ1) is 9.44. The normalized spacial score (nSPS) is 20.8. The number of hydrogen-bond acceptors (Lipinski definition) is 3. The number of hydrogen-bond donors (Lipinski definition) is 0. The second-order valence-electron chi connectivity index (χ2n) is 4.97. The quantitative estimate of drug-likeness (QED) is 0.800. The predicted octanol–water partition coefficient (Wildman–Crippen LogP) is 2.07. The molecular weight excluding hydrogens is 281 g/mol. The third-order valence-electron chi connectivity index (χ3n) is 3.64. The second kappa shape index (κ2) is 6.01. The molecular formula is C14H18FNO3S. The molecule has 0 bridgehead atoms. The van der Waals surface area contributed by atoms with Crippen molar-refractivity contribution in [2.45, 2.75) is 19.8 Å². The fourth-order valence-electron chi connectivity index (χ4n) is 2.44. The molecule has 6 heteroatoms. The first kappa shape index (κ1) is 15.1. The molecule has 0 saturated carbocycles. The van der Waals surface area contributed by atoms with Gasteiger partial charge >= 0.3 is 0 Å². The molecule has 1 heterocycles. The zero-order valence-corrected chi connectivity index (χ0v) is 12.2. The molecule has 1 unspecified atom stereocenters. The molecule has 110 valence electrons. The number of carbonyl (C=O) groups excluding carboxylic acids is 1. The Bertz CT molecular complexity index is 583. The van der Waals surface area contributed by atoms with Crippen molar-refractivity contribution in [2.75, 3.05) is 18.8 Å². The molecule has 0 N–H and O–H groups in total. The molecule has 2 rings (SSSR count). The van der Waals surface area contributed by atoms with E-state index >= 15 is 0 Å². The van der Waals surface area contributed by atoms with Crippen molar-refractivity contribution >= 4 is 15.8 Å². The summed E-state index contributed by atoms with van der Waals surface area (Å²) in [6.07, 6.45) is 1.35. The van der Waals surface area contributed by atoms with E-state index in [-0.39, 0.29) is 29.8 Å². The average molecular weight is 299 g/mol. The van der Waals surface area contributed by atoms with Crippen LogP contribution in [0.2, 0.25) is 0 Å². The van der Waals surface area contributed by atoms with Gasteiger partial charge in [-0.25, -0.2) is 17.1 Å². The Labute approximate surface area is 118 Å². The van der Waals surface area contributed by atoms with Crippen molar-refractivity contribution in [3.63, 3.8) is 0 Å². The summed E-state index contributed by atoms with van der Waals surface area (Å²) >= 11 is 0. The van der Waals surface area contributed by atoms with E-state index in [1.807, 2.05) is 0 Å². The average Bonchev–Trinajstić information content (AvgIpc) is 2.47. The van der Waals surface area contributed by atoms with Gasteiger partial charge in [0, 0.05) is 24.6 Å². The maximum absolute atomic E-state index is 12.9. The summed E-state index contributed by atoms with van der Waals surface area (Å²) in [5, 5.41) is 0. The molecule has 20 heavy (non-hydrogen) atoms. The van der Waals surface area contributed by atoms with Crippen molar-refractivity contribution in [1.29, 1.82) is 0 Å². The van der Waals surface area contributed by atoms with Crippen molar-refractivity contribution in [3.05, 3.63) is 35.6 Å². The molecule has 1 saturated heterocycles. The van der Waals surface area contributed by atoms with Crippen LogP contribution in [-0.2, 0) is 10.0 Å². The molecule has 1 aliphatic heterocycles. The third kappa shape index (κ3) is 3.24. The number of sulfonamides is 1. The topological polar surface area (TPSA) is 54.5 Å². The van der Waals surface area contributed by atoms with E-state index in [1.165, 1.54) is 28.6 Å². The summed E-state index contributed by atoms with van der Waals surface area (Å²) in [7, 11) is -3.26. The van der Waals surface area contributed by atoms with Gasteiger partial charge in [0.1, 0.15) is 5.82 Å². The van der Waals surface area contributed by atoms with Crippen LogP contribution in [0.5, 0.6) is 0 Å². The number of carbonyl (C=O) groups is 1. The van der Waals surface area contributed by atoms with E-state index in [4.69, 9.17) is 0 Å². The van der Waals surface area contributed by atoms with Crippen LogP contribution in [0.4, 0.5) is 4.39 Å². The maximum Gasteiger partial charge on any atom is 0.213 e. The molecule has 0 spiro atoms. The Balaban J connectivity index is 2.13. The molecule has 1 aliphatic rings. The molecule has 4 nitrogen and oxygen atoms in total. The van der Waals surface area contributed by atoms with Crippen LogP contribution < -0.4 is 0 Å². The standard InChI is InChI=1S/C14H18FNO3S/c1-2-20(18,19)16-9-3-4-12(10-16)14(17)11-5-7-13(15)8-6-11/h5-8,12H,2-4,9-10H2,1H3. The predicted molar refractivity (Wildman–Crippen MR) is 74.5 cm³/mol. The van der Waals surface area contributed by atoms with Gasteiger partial charge < -0.3 is 0 Å². The summed E-state index contributed by atoms with van der Waals surface area (Å²) < 4.78 is 38.0. The SMILES string of the molecule is CCS(=O)(=O)N1CCCC(C(=O)c2ccc(F)cc2)C1. The molecule has 0 aliphatic carbocycles. The van der Waals surface area contributed by atoms with Crippen molar-refractivity contribution in [1.82, 2.24) is 4.31 Å². The van der Waals surface area contributed by atoms with E-state index < -0.39 is 10.0 Å². The molecule has 0 radical (unpaired) electrons. The van der Waals surface area contributed by atoms with Gasteiger partial charge in [-0.05, 0) is 44.0 Å². The lowest BCUT2D eigenvalue weighted by Crippen LogP contribution is -2.42. The Kier molecular flexibility index (Phi) is 4.55. The zero-order chi connectivity index (χ0) is 14.8. The van der Waals surface area contributed by atoms with Crippen molar-refractivity contribution < 1.29 is 17.6 Å².